The number of urea groups is 1. The summed E-state index contributed by atoms with van der Waals surface area (Å²) in [5, 5.41) is 2.58. The summed E-state index contributed by atoms with van der Waals surface area (Å²) in [6.45, 7) is 2.19. The van der Waals surface area contributed by atoms with Crippen LogP contribution in [-0.2, 0) is 9.59 Å². The van der Waals surface area contributed by atoms with Crippen molar-refractivity contribution in [3.8, 4) is 5.75 Å². The first-order chi connectivity index (χ1) is 10.3. The maximum atomic E-state index is 12.0. The highest BCUT2D eigenvalue weighted by molar-refractivity contribution is 6.37. The number of carbonyl (C=O) groups is 3. The maximum absolute atomic E-state index is 12.0. The minimum atomic E-state index is -0.769. The Kier molecular flexibility index (Phi) is 4.73. The van der Waals surface area contributed by atoms with Crippen molar-refractivity contribution in [2.45, 2.75) is 6.92 Å². The normalized spacial score (nSPS) is 17.0. The van der Waals surface area contributed by atoms with Crippen LogP contribution in [0.3, 0.4) is 0 Å². The molecule has 0 unspecified atom stereocenters. The molecule has 1 aliphatic heterocycles. The number of amides is 4. The molecule has 1 saturated heterocycles. The number of ether oxygens (including phenoxy) is 1. The zero-order chi connectivity index (χ0) is 16.4. The number of rotatable bonds is 3. The molecule has 1 fully saturated rings. The maximum Gasteiger partial charge on any atom is 0.331 e. The second-order valence-corrected chi connectivity index (χ2v) is 5.24. The molecule has 0 radical (unpaired) electrons. The molecule has 1 aromatic rings. The Bertz CT molecular complexity index is 677. The highest BCUT2D eigenvalue weighted by Crippen LogP contribution is 2.35. The van der Waals surface area contributed by atoms with Crippen molar-refractivity contribution in [1.29, 1.82) is 0 Å². The average Bonchev–Trinajstić information content (AvgIpc) is 2.45. The van der Waals surface area contributed by atoms with Crippen molar-refractivity contribution >= 4 is 47.1 Å². The summed E-state index contributed by atoms with van der Waals surface area (Å²) in [6.07, 6.45) is 1.31. The Morgan fingerprint density at radius 3 is 2.36 bits per heavy atom. The Morgan fingerprint density at radius 1 is 1.23 bits per heavy atom. The van der Waals surface area contributed by atoms with Gasteiger partial charge in [-0.15, -0.1) is 0 Å². The predicted molar refractivity (Wildman–Crippen MR) is 81.9 cm³/mol. The molecule has 8 heteroatoms. The monoisotopic (exact) mass is 342 g/mol. The number of barbiturate groups is 1. The molecule has 4 amide bonds. The van der Waals surface area contributed by atoms with E-state index in [1.54, 1.807) is 6.92 Å². The van der Waals surface area contributed by atoms with Crippen LogP contribution in [0.15, 0.2) is 17.7 Å². The molecule has 0 bridgehead atoms. The van der Waals surface area contributed by atoms with E-state index in [0.717, 1.165) is 4.90 Å². The second kappa shape index (κ2) is 6.37. The molecule has 1 aliphatic rings. The standard InChI is InChI=1S/C14H12Cl2N2O4/c1-3-22-11-9(15)5-7(6-10(11)16)4-8-12(19)17-14(21)18(2)13(8)20/h4-6H,3H2,1-2H3,(H,17,19,21)/b8-4-. The fourth-order valence-corrected chi connectivity index (χ4v) is 2.47. The topological polar surface area (TPSA) is 75.7 Å². The molecule has 2 rings (SSSR count). The van der Waals surface area contributed by atoms with Gasteiger partial charge in [0.05, 0.1) is 16.7 Å². The van der Waals surface area contributed by atoms with Crippen molar-refractivity contribution in [2.24, 2.45) is 0 Å². The van der Waals surface area contributed by atoms with Gasteiger partial charge in [-0.1, -0.05) is 23.2 Å². The lowest BCUT2D eigenvalue weighted by molar-refractivity contribution is -0.129. The van der Waals surface area contributed by atoms with E-state index in [-0.39, 0.29) is 15.6 Å². The number of benzene rings is 1. The summed E-state index contributed by atoms with van der Waals surface area (Å²) >= 11 is 12.1. The number of hydrogen-bond acceptors (Lipinski definition) is 4. The third-order valence-electron chi connectivity index (χ3n) is 2.93. The molecule has 0 atom stereocenters. The van der Waals surface area contributed by atoms with E-state index in [4.69, 9.17) is 27.9 Å². The lowest BCUT2D eigenvalue weighted by atomic mass is 10.1. The van der Waals surface area contributed by atoms with Crippen molar-refractivity contribution in [3.05, 3.63) is 33.3 Å². The van der Waals surface area contributed by atoms with Crippen molar-refractivity contribution < 1.29 is 19.1 Å². The number of halogens is 2. The van der Waals surface area contributed by atoms with Crippen LogP contribution in [0.1, 0.15) is 12.5 Å². The largest absolute Gasteiger partial charge is 0.491 e. The number of likely N-dealkylation sites (N-methyl/N-ethyl adjacent to an activating group) is 1. The highest BCUT2D eigenvalue weighted by Gasteiger charge is 2.33. The molecule has 0 saturated carbocycles. The molecular weight excluding hydrogens is 331 g/mol. The number of hydrogen-bond donors (Lipinski definition) is 1. The predicted octanol–water partition coefficient (Wildman–Crippen LogP) is 2.48. The molecule has 6 nitrogen and oxygen atoms in total. The molecular formula is C14H12Cl2N2O4. The SMILES string of the molecule is CCOc1c(Cl)cc(/C=C2/C(=O)NC(=O)N(C)C2=O)cc1Cl. The summed E-state index contributed by atoms with van der Waals surface area (Å²) in [5.41, 5.74) is 0.262. The summed E-state index contributed by atoms with van der Waals surface area (Å²) in [4.78, 5) is 35.9. The first-order valence-electron chi connectivity index (χ1n) is 6.32. The Morgan fingerprint density at radius 2 is 1.82 bits per heavy atom. The third-order valence-corrected chi connectivity index (χ3v) is 3.49. The fraction of sp³-hybridized carbons (Fsp3) is 0.214. The van der Waals surface area contributed by atoms with Gasteiger partial charge in [0.25, 0.3) is 11.8 Å². The molecule has 0 aromatic heterocycles. The van der Waals surface area contributed by atoms with Crippen LogP contribution in [0.25, 0.3) is 6.08 Å². The van der Waals surface area contributed by atoms with E-state index in [2.05, 4.69) is 5.32 Å². The molecule has 1 aromatic carbocycles. The van der Waals surface area contributed by atoms with Gasteiger partial charge in [-0.3, -0.25) is 19.8 Å². The number of nitrogens with one attached hydrogen (secondary N) is 1. The van der Waals surface area contributed by atoms with E-state index >= 15 is 0 Å². The first-order valence-corrected chi connectivity index (χ1v) is 7.07. The van der Waals surface area contributed by atoms with Gasteiger partial charge < -0.3 is 4.74 Å². The summed E-state index contributed by atoms with van der Waals surface area (Å²) in [5.74, 6) is -1.14. The number of nitrogens with zero attached hydrogens (tertiary/aromatic N) is 1. The van der Waals surface area contributed by atoms with Gasteiger partial charge >= 0.3 is 6.03 Å². The van der Waals surface area contributed by atoms with E-state index in [0.29, 0.717) is 17.9 Å². The zero-order valence-corrected chi connectivity index (χ0v) is 13.3. The average molecular weight is 343 g/mol. The lowest BCUT2D eigenvalue weighted by Crippen LogP contribution is -2.52. The molecule has 22 heavy (non-hydrogen) atoms. The first kappa shape index (κ1) is 16.3. The van der Waals surface area contributed by atoms with Crippen LogP contribution in [0.4, 0.5) is 4.79 Å². The molecule has 1 N–H and O–H groups in total. The molecule has 0 aliphatic carbocycles. The fourth-order valence-electron chi connectivity index (χ4n) is 1.86. The minimum absolute atomic E-state index is 0.182. The smallest absolute Gasteiger partial charge is 0.331 e. The quantitative estimate of drug-likeness (QED) is 0.676. The number of imide groups is 2. The number of carbonyl (C=O) groups excluding carboxylic acids is 3. The Labute approximate surface area is 136 Å². The van der Waals surface area contributed by atoms with Crippen molar-refractivity contribution in [3.63, 3.8) is 0 Å². The Hall–Kier alpha value is -2.05. The van der Waals surface area contributed by atoms with Gasteiger partial charge in [0, 0.05) is 7.05 Å². The van der Waals surface area contributed by atoms with Gasteiger partial charge in [-0.05, 0) is 30.7 Å². The highest BCUT2D eigenvalue weighted by atomic mass is 35.5. The van der Waals surface area contributed by atoms with E-state index in [9.17, 15) is 14.4 Å². The van der Waals surface area contributed by atoms with Crippen LogP contribution in [-0.4, -0.2) is 36.4 Å². The van der Waals surface area contributed by atoms with E-state index in [1.165, 1.54) is 25.3 Å². The van der Waals surface area contributed by atoms with Gasteiger partial charge in [-0.25, -0.2) is 4.79 Å². The van der Waals surface area contributed by atoms with Gasteiger partial charge in [0.1, 0.15) is 5.57 Å². The minimum Gasteiger partial charge on any atom is -0.491 e. The summed E-state index contributed by atoms with van der Waals surface area (Å²) < 4.78 is 5.30. The third kappa shape index (κ3) is 3.08. The summed E-state index contributed by atoms with van der Waals surface area (Å²) in [7, 11) is 1.27. The van der Waals surface area contributed by atoms with Crippen molar-refractivity contribution in [1.82, 2.24) is 10.2 Å². The van der Waals surface area contributed by atoms with Crippen LogP contribution < -0.4 is 10.1 Å². The van der Waals surface area contributed by atoms with Gasteiger partial charge in [-0.2, -0.15) is 0 Å². The molecule has 1 heterocycles. The Balaban J connectivity index is 2.42. The molecule has 0 spiro atoms. The van der Waals surface area contributed by atoms with Gasteiger partial charge in [0.15, 0.2) is 5.75 Å². The summed E-state index contributed by atoms with van der Waals surface area (Å²) in [6, 6.07) is 2.26. The van der Waals surface area contributed by atoms with Gasteiger partial charge in [0.2, 0.25) is 0 Å². The zero-order valence-electron chi connectivity index (χ0n) is 11.8. The van der Waals surface area contributed by atoms with Crippen molar-refractivity contribution in [2.75, 3.05) is 13.7 Å². The van der Waals surface area contributed by atoms with E-state index in [1.807, 2.05) is 0 Å². The van der Waals surface area contributed by atoms with E-state index < -0.39 is 17.8 Å². The second-order valence-electron chi connectivity index (χ2n) is 4.43. The van der Waals surface area contributed by atoms with Crippen LogP contribution in [0.5, 0.6) is 5.75 Å². The van der Waals surface area contributed by atoms with Crippen LogP contribution >= 0.6 is 23.2 Å². The van der Waals surface area contributed by atoms with Crippen LogP contribution in [0, 0.1) is 0 Å². The lowest BCUT2D eigenvalue weighted by Gasteiger charge is -2.22. The molecule has 116 valence electrons. The van der Waals surface area contributed by atoms with Crippen LogP contribution in [0.2, 0.25) is 10.0 Å².